The lowest BCUT2D eigenvalue weighted by molar-refractivity contribution is 0.0547. The molecule has 42 heavy (non-hydrogen) atoms. The van der Waals surface area contributed by atoms with Crippen LogP contribution < -0.4 is 10.6 Å². The molecule has 3 rings (SSSR count). The highest BCUT2D eigenvalue weighted by atomic mass is 16.6. The van der Waals surface area contributed by atoms with Crippen LogP contribution in [0.25, 0.3) is 0 Å². The fraction of sp³-hybridized carbons (Fsp3) is 0.824. The number of nitrogens with one attached hydrogen (secondary N) is 2. The number of ether oxygens (including phenoxy) is 4. The second-order valence-corrected chi connectivity index (χ2v) is 14.3. The molecule has 2 atom stereocenters. The summed E-state index contributed by atoms with van der Waals surface area (Å²) in [5.41, 5.74) is -0.101. The molecule has 2 N–H and O–H groups in total. The average molecular weight is 591 g/mol. The Morgan fingerprint density at radius 3 is 1.62 bits per heavy atom. The van der Waals surface area contributed by atoms with Crippen molar-refractivity contribution in [2.75, 3.05) is 33.0 Å². The van der Waals surface area contributed by atoms with Crippen LogP contribution in [0.3, 0.4) is 0 Å². The monoisotopic (exact) mass is 590 g/mol. The maximum Gasteiger partial charge on any atom is 0.407 e. The number of allylic oxidation sites excluding steroid dienone is 2. The fourth-order valence-electron chi connectivity index (χ4n) is 7.51. The summed E-state index contributed by atoms with van der Waals surface area (Å²) in [6.45, 7) is 13.6. The molecule has 0 bridgehead atoms. The lowest BCUT2D eigenvalue weighted by atomic mass is 9.62. The molecule has 3 aliphatic rings. The van der Waals surface area contributed by atoms with Gasteiger partial charge in [-0.2, -0.15) is 0 Å². The van der Waals surface area contributed by atoms with Gasteiger partial charge in [0.25, 0.3) is 0 Å². The average Bonchev–Trinajstić information content (AvgIpc) is 2.94. The van der Waals surface area contributed by atoms with Crippen LogP contribution in [0.4, 0.5) is 9.59 Å². The van der Waals surface area contributed by atoms with Crippen molar-refractivity contribution in [2.24, 2.45) is 34.5 Å². The van der Waals surface area contributed by atoms with E-state index in [9.17, 15) is 9.59 Å². The van der Waals surface area contributed by atoms with Crippen LogP contribution >= 0.6 is 0 Å². The first kappa shape index (κ1) is 34.1. The Morgan fingerprint density at radius 2 is 1.14 bits per heavy atom. The molecule has 0 aromatic rings. The van der Waals surface area contributed by atoms with E-state index in [1.807, 2.05) is 26.0 Å². The van der Waals surface area contributed by atoms with Crippen LogP contribution in [0, 0.1) is 34.5 Å². The van der Waals surface area contributed by atoms with Gasteiger partial charge in [-0.15, -0.1) is 0 Å². The second kappa shape index (κ2) is 17.0. The molecule has 0 saturated heterocycles. The highest BCUT2D eigenvalue weighted by Gasteiger charge is 2.42. The minimum Gasteiger partial charge on any atom is -0.501 e. The van der Waals surface area contributed by atoms with Gasteiger partial charge in [-0.3, -0.25) is 0 Å². The van der Waals surface area contributed by atoms with Gasteiger partial charge >= 0.3 is 12.2 Å². The maximum absolute atomic E-state index is 12.7. The highest BCUT2D eigenvalue weighted by Crippen LogP contribution is 2.46. The van der Waals surface area contributed by atoms with Gasteiger partial charge in [0.2, 0.25) is 0 Å². The molecule has 0 spiro atoms. The largest absolute Gasteiger partial charge is 0.501 e. The summed E-state index contributed by atoms with van der Waals surface area (Å²) in [4.78, 5) is 25.3. The fourth-order valence-corrected chi connectivity index (χ4v) is 7.51. The molecule has 8 heteroatoms. The number of rotatable bonds is 13. The van der Waals surface area contributed by atoms with Crippen LogP contribution in [0.15, 0.2) is 24.7 Å². The summed E-state index contributed by atoms with van der Waals surface area (Å²) in [5.74, 6) is 2.02. The molecule has 0 aliphatic heterocycles. The highest BCUT2D eigenvalue weighted by molar-refractivity contribution is 5.68. The molecular formula is C34H58N2O6. The van der Waals surface area contributed by atoms with Crippen LogP contribution in [0.5, 0.6) is 0 Å². The van der Waals surface area contributed by atoms with Crippen molar-refractivity contribution < 1.29 is 28.5 Å². The molecular weight excluding hydrogens is 532 g/mol. The standard InChI is InChI=1S/C34H58N2O6/c1-6-16-39-20-26-8-12-28(13-9-26)22-41-31(37)35-25-34(5)19-30(18-33(3,4)24-34)36-32(38)42-23-29-14-10-27(11-15-29)21-40-17-7-2/h6-7,16-17,26-30H,8-15,18-25H2,1-5H3,(H,35,37)(H,36,38). The lowest BCUT2D eigenvalue weighted by Crippen LogP contribution is -2.50. The molecule has 0 aromatic carbocycles. The summed E-state index contributed by atoms with van der Waals surface area (Å²) < 4.78 is 22.4. The van der Waals surface area contributed by atoms with E-state index >= 15 is 0 Å². The zero-order valence-corrected chi connectivity index (χ0v) is 27.0. The van der Waals surface area contributed by atoms with Crippen LogP contribution in [-0.2, 0) is 18.9 Å². The molecule has 2 amide bonds. The maximum atomic E-state index is 12.7. The van der Waals surface area contributed by atoms with E-state index in [4.69, 9.17) is 18.9 Å². The first-order valence-corrected chi connectivity index (χ1v) is 16.4. The summed E-state index contributed by atoms with van der Waals surface area (Å²) in [6, 6.07) is 0.00977. The first-order valence-electron chi connectivity index (χ1n) is 16.4. The predicted molar refractivity (Wildman–Crippen MR) is 166 cm³/mol. The van der Waals surface area contributed by atoms with E-state index in [1.165, 1.54) is 0 Å². The normalized spacial score (nSPS) is 31.4. The molecule has 0 aromatic heterocycles. The number of hydrogen-bond acceptors (Lipinski definition) is 6. The van der Waals surface area contributed by atoms with Gasteiger partial charge in [0.05, 0.1) is 39.0 Å². The Bertz CT molecular complexity index is 873. The van der Waals surface area contributed by atoms with Gasteiger partial charge in [-0.25, -0.2) is 9.59 Å². The van der Waals surface area contributed by atoms with E-state index in [1.54, 1.807) is 12.5 Å². The van der Waals surface area contributed by atoms with Gasteiger partial charge < -0.3 is 29.6 Å². The summed E-state index contributed by atoms with van der Waals surface area (Å²) in [7, 11) is 0. The van der Waals surface area contributed by atoms with E-state index in [2.05, 4.69) is 31.4 Å². The van der Waals surface area contributed by atoms with Crippen molar-refractivity contribution in [3.63, 3.8) is 0 Å². The van der Waals surface area contributed by atoms with E-state index in [0.29, 0.717) is 43.4 Å². The Balaban J connectivity index is 1.34. The minimum absolute atomic E-state index is 0.00977. The van der Waals surface area contributed by atoms with E-state index < -0.39 is 0 Å². The Labute approximate surface area is 254 Å². The number of hydrogen-bond donors (Lipinski definition) is 2. The zero-order chi connectivity index (χ0) is 30.4. The third kappa shape index (κ3) is 12.5. The SMILES string of the molecule is CC=COCC1CCC(COC(=O)NCC2(C)CC(NC(=O)OCC3CCC(COC=CC)CC3)CC(C)(C)C2)CC1. The topological polar surface area (TPSA) is 95.1 Å². The van der Waals surface area contributed by atoms with Crippen molar-refractivity contribution in [2.45, 2.75) is 111 Å². The van der Waals surface area contributed by atoms with Gasteiger partial charge in [0, 0.05) is 12.6 Å². The van der Waals surface area contributed by atoms with E-state index in [-0.39, 0.29) is 29.1 Å². The smallest absolute Gasteiger partial charge is 0.407 e. The molecule has 0 heterocycles. The number of amides is 2. The summed E-state index contributed by atoms with van der Waals surface area (Å²) >= 11 is 0. The van der Waals surface area contributed by atoms with Crippen LogP contribution in [0.2, 0.25) is 0 Å². The quantitative estimate of drug-likeness (QED) is 0.213. The van der Waals surface area contributed by atoms with Gasteiger partial charge in [0.1, 0.15) is 0 Å². The third-order valence-corrected chi connectivity index (χ3v) is 9.39. The molecule has 3 fully saturated rings. The molecule has 8 nitrogen and oxygen atoms in total. The summed E-state index contributed by atoms with van der Waals surface area (Å²) in [5, 5.41) is 6.17. The Morgan fingerprint density at radius 1 is 0.690 bits per heavy atom. The molecule has 240 valence electrons. The van der Waals surface area contributed by atoms with Crippen molar-refractivity contribution in [1.29, 1.82) is 0 Å². The predicted octanol–water partition coefficient (Wildman–Crippen LogP) is 7.74. The number of alkyl carbamates (subject to hydrolysis) is 2. The molecule has 2 unspecified atom stereocenters. The third-order valence-electron chi connectivity index (χ3n) is 9.39. The Hall–Kier alpha value is -2.38. The van der Waals surface area contributed by atoms with Gasteiger partial charge in [-0.05, 0) is 119 Å². The first-order chi connectivity index (χ1) is 20.1. The number of carbonyl (C=O) groups is 2. The van der Waals surface area contributed by atoms with Crippen molar-refractivity contribution in [3.8, 4) is 0 Å². The summed E-state index contributed by atoms with van der Waals surface area (Å²) in [6.07, 6.45) is 18.1. The van der Waals surface area contributed by atoms with Crippen molar-refractivity contribution in [1.82, 2.24) is 10.6 Å². The molecule has 0 radical (unpaired) electrons. The number of carbonyl (C=O) groups excluding carboxylic acids is 2. The van der Waals surface area contributed by atoms with Crippen molar-refractivity contribution >= 4 is 12.2 Å². The van der Waals surface area contributed by atoms with E-state index in [0.717, 1.165) is 83.8 Å². The lowest BCUT2D eigenvalue weighted by Gasteiger charge is -2.46. The zero-order valence-electron chi connectivity index (χ0n) is 27.0. The van der Waals surface area contributed by atoms with Gasteiger partial charge in [0.15, 0.2) is 0 Å². The van der Waals surface area contributed by atoms with Gasteiger partial charge in [-0.1, -0.05) is 32.9 Å². The second-order valence-electron chi connectivity index (χ2n) is 14.3. The van der Waals surface area contributed by atoms with Crippen LogP contribution in [0.1, 0.15) is 105 Å². The molecule has 3 saturated carbocycles. The van der Waals surface area contributed by atoms with Crippen molar-refractivity contribution in [3.05, 3.63) is 24.7 Å². The van der Waals surface area contributed by atoms with Crippen LogP contribution in [-0.4, -0.2) is 51.2 Å². The minimum atomic E-state index is -0.342. The molecule has 3 aliphatic carbocycles. The Kier molecular flexibility index (Phi) is 13.8.